The van der Waals surface area contributed by atoms with Gasteiger partial charge in [0.25, 0.3) is 0 Å². The average Bonchev–Trinajstić information content (AvgIpc) is 2.68. The van der Waals surface area contributed by atoms with Gasteiger partial charge in [-0.15, -0.1) is 10.2 Å². The molecule has 0 aromatic carbocycles. The molecule has 1 unspecified atom stereocenters. The predicted octanol–water partition coefficient (Wildman–Crippen LogP) is 1.48. The summed E-state index contributed by atoms with van der Waals surface area (Å²) in [6, 6.07) is 0.495. The molecule has 0 saturated carbocycles. The second-order valence-corrected chi connectivity index (χ2v) is 4.90. The summed E-state index contributed by atoms with van der Waals surface area (Å²) in [5, 5.41) is 8.43. The van der Waals surface area contributed by atoms with Gasteiger partial charge in [0.1, 0.15) is 0 Å². The van der Waals surface area contributed by atoms with Gasteiger partial charge in [0.15, 0.2) is 5.82 Å². The molecule has 0 radical (unpaired) electrons. The minimum atomic E-state index is 0.429. The summed E-state index contributed by atoms with van der Waals surface area (Å²) in [5.41, 5.74) is 6.45. The predicted molar refractivity (Wildman–Crippen MR) is 70.5 cm³/mol. The van der Waals surface area contributed by atoms with Gasteiger partial charge in [-0.05, 0) is 19.8 Å². The second-order valence-electron chi connectivity index (χ2n) is 4.90. The van der Waals surface area contributed by atoms with E-state index in [0.717, 1.165) is 12.5 Å². The minimum Gasteiger partial charge on any atom is -0.381 e. The Labute approximate surface area is 106 Å². The number of rotatable bonds is 1. The van der Waals surface area contributed by atoms with Gasteiger partial charge in [-0.2, -0.15) is 0 Å². The normalized spacial score (nSPS) is 21.2. The smallest absolute Gasteiger partial charge is 0.232 e. The van der Waals surface area contributed by atoms with Crippen molar-refractivity contribution in [1.29, 1.82) is 0 Å². The van der Waals surface area contributed by atoms with E-state index in [1.54, 1.807) is 6.20 Å². The zero-order valence-corrected chi connectivity index (χ0v) is 10.6. The lowest BCUT2D eigenvalue weighted by Crippen LogP contribution is -2.34. The highest BCUT2D eigenvalue weighted by molar-refractivity contribution is 5.61. The highest BCUT2D eigenvalue weighted by Crippen LogP contribution is 2.23. The Bertz CT molecular complexity index is 548. The van der Waals surface area contributed by atoms with E-state index in [0.29, 0.717) is 17.5 Å². The summed E-state index contributed by atoms with van der Waals surface area (Å²) in [6.07, 6.45) is 8.56. The number of anilines is 2. The minimum absolute atomic E-state index is 0.429. The highest BCUT2D eigenvalue weighted by Gasteiger charge is 2.22. The zero-order chi connectivity index (χ0) is 12.5. The van der Waals surface area contributed by atoms with Crippen molar-refractivity contribution in [1.82, 2.24) is 19.6 Å². The second kappa shape index (κ2) is 4.44. The Kier molecular flexibility index (Phi) is 2.77. The number of nitrogens with two attached hydrogens (primary N) is 1. The van der Waals surface area contributed by atoms with Crippen LogP contribution in [0, 0.1) is 0 Å². The molecule has 0 bridgehead atoms. The number of hydrogen-bond acceptors (Lipinski definition) is 5. The van der Waals surface area contributed by atoms with E-state index in [4.69, 9.17) is 5.73 Å². The van der Waals surface area contributed by atoms with Crippen molar-refractivity contribution in [2.75, 3.05) is 17.2 Å². The van der Waals surface area contributed by atoms with Crippen LogP contribution in [0.25, 0.3) is 5.65 Å². The van der Waals surface area contributed by atoms with Gasteiger partial charge in [0.05, 0.1) is 0 Å². The topological polar surface area (TPSA) is 72.3 Å². The van der Waals surface area contributed by atoms with Crippen LogP contribution in [0.2, 0.25) is 0 Å². The lowest BCUT2D eigenvalue weighted by molar-refractivity contribution is 0.603. The van der Waals surface area contributed by atoms with Gasteiger partial charge in [-0.1, -0.05) is 12.8 Å². The summed E-state index contributed by atoms with van der Waals surface area (Å²) in [4.78, 5) is 6.37. The number of aromatic nitrogens is 4. The van der Waals surface area contributed by atoms with Crippen LogP contribution in [-0.2, 0) is 0 Å². The Morgan fingerprint density at radius 1 is 1.28 bits per heavy atom. The Morgan fingerprint density at radius 3 is 3.06 bits per heavy atom. The van der Waals surface area contributed by atoms with E-state index in [9.17, 15) is 0 Å². The van der Waals surface area contributed by atoms with Gasteiger partial charge in [-0.25, -0.2) is 4.98 Å². The molecule has 1 saturated heterocycles. The summed E-state index contributed by atoms with van der Waals surface area (Å²) in [6.45, 7) is 3.28. The van der Waals surface area contributed by atoms with Gasteiger partial charge < -0.3 is 10.6 Å². The van der Waals surface area contributed by atoms with Crippen molar-refractivity contribution in [3.8, 4) is 0 Å². The summed E-state index contributed by atoms with van der Waals surface area (Å²) in [5.74, 6) is 1.31. The van der Waals surface area contributed by atoms with Crippen LogP contribution in [0.3, 0.4) is 0 Å². The highest BCUT2D eigenvalue weighted by atomic mass is 15.4. The lowest BCUT2D eigenvalue weighted by Gasteiger charge is -2.26. The van der Waals surface area contributed by atoms with Crippen LogP contribution in [0.15, 0.2) is 12.4 Å². The quantitative estimate of drug-likeness (QED) is 0.825. The third-order valence-electron chi connectivity index (χ3n) is 3.65. The molecule has 2 aromatic rings. The van der Waals surface area contributed by atoms with Crippen molar-refractivity contribution >= 4 is 17.4 Å². The number of fused-ring (bicyclic) bond motifs is 1. The summed E-state index contributed by atoms with van der Waals surface area (Å²) in [7, 11) is 0. The third kappa shape index (κ3) is 1.77. The molecule has 0 spiro atoms. The maximum absolute atomic E-state index is 5.81. The number of hydrogen-bond donors (Lipinski definition) is 1. The molecule has 2 N–H and O–H groups in total. The van der Waals surface area contributed by atoms with Gasteiger partial charge in [-0.3, -0.25) is 4.40 Å². The van der Waals surface area contributed by atoms with Crippen LogP contribution in [0.5, 0.6) is 0 Å². The van der Waals surface area contributed by atoms with Gasteiger partial charge in [0, 0.05) is 25.0 Å². The molecular weight excluding hydrogens is 228 g/mol. The monoisotopic (exact) mass is 246 g/mol. The van der Waals surface area contributed by atoms with E-state index in [1.165, 1.54) is 25.7 Å². The summed E-state index contributed by atoms with van der Waals surface area (Å²) < 4.78 is 1.93. The fraction of sp³-hybridized carbons (Fsp3) is 0.583. The van der Waals surface area contributed by atoms with Crippen LogP contribution in [0.4, 0.5) is 11.8 Å². The number of nitrogen functional groups attached to an aromatic ring is 1. The van der Waals surface area contributed by atoms with E-state index < -0.39 is 0 Å². The maximum Gasteiger partial charge on any atom is 0.232 e. The zero-order valence-electron chi connectivity index (χ0n) is 10.6. The van der Waals surface area contributed by atoms with Crippen molar-refractivity contribution in [2.45, 2.75) is 38.6 Å². The van der Waals surface area contributed by atoms with Crippen molar-refractivity contribution in [2.24, 2.45) is 0 Å². The molecule has 0 amide bonds. The largest absolute Gasteiger partial charge is 0.381 e. The molecule has 6 heteroatoms. The summed E-state index contributed by atoms with van der Waals surface area (Å²) >= 11 is 0. The fourth-order valence-electron chi connectivity index (χ4n) is 2.60. The SMILES string of the molecule is CC1CCCCCN1c1nnc2c(N)nccn12. The molecule has 3 rings (SSSR count). The molecule has 1 aliphatic rings. The maximum atomic E-state index is 5.81. The van der Waals surface area contributed by atoms with Crippen LogP contribution < -0.4 is 10.6 Å². The molecule has 2 aromatic heterocycles. The number of nitrogens with zero attached hydrogens (tertiary/aromatic N) is 5. The Balaban J connectivity index is 2.05. The Hall–Kier alpha value is -1.85. The first-order valence-electron chi connectivity index (χ1n) is 6.49. The van der Waals surface area contributed by atoms with E-state index >= 15 is 0 Å². The molecular formula is C12H18N6. The van der Waals surface area contributed by atoms with Gasteiger partial charge >= 0.3 is 0 Å². The van der Waals surface area contributed by atoms with Crippen molar-refractivity contribution < 1.29 is 0 Å². The first kappa shape index (κ1) is 11.3. The average molecular weight is 246 g/mol. The molecule has 3 heterocycles. The first-order chi connectivity index (χ1) is 8.77. The lowest BCUT2D eigenvalue weighted by atomic mass is 10.1. The van der Waals surface area contributed by atoms with E-state index in [-0.39, 0.29) is 0 Å². The molecule has 6 nitrogen and oxygen atoms in total. The first-order valence-corrected chi connectivity index (χ1v) is 6.49. The van der Waals surface area contributed by atoms with Crippen molar-refractivity contribution in [3.05, 3.63) is 12.4 Å². The molecule has 96 valence electrons. The molecule has 18 heavy (non-hydrogen) atoms. The van der Waals surface area contributed by atoms with Crippen LogP contribution in [-0.4, -0.2) is 32.2 Å². The van der Waals surface area contributed by atoms with E-state index in [1.807, 2.05) is 10.6 Å². The standard InChI is InChI=1S/C12H18N6/c1-9-5-3-2-4-7-17(9)12-16-15-11-10(13)14-6-8-18(11)12/h6,8-9H,2-5,7H2,1H3,(H2,13,14). The molecule has 1 fully saturated rings. The van der Waals surface area contributed by atoms with E-state index in [2.05, 4.69) is 27.0 Å². The van der Waals surface area contributed by atoms with Crippen LogP contribution >= 0.6 is 0 Å². The molecule has 0 aliphatic carbocycles. The fourth-order valence-corrected chi connectivity index (χ4v) is 2.60. The Morgan fingerprint density at radius 2 is 2.17 bits per heavy atom. The molecule has 1 aliphatic heterocycles. The molecule has 1 atom stereocenters. The third-order valence-corrected chi connectivity index (χ3v) is 3.65. The van der Waals surface area contributed by atoms with Crippen LogP contribution in [0.1, 0.15) is 32.6 Å². The van der Waals surface area contributed by atoms with Crippen molar-refractivity contribution in [3.63, 3.8) is 0 Å². The van der Waals surface area contributed by atoms with Gasteiger partial charge in [0.2, 0.25) is 11.6 Å².